The number of aromatic amines is 2. The average Bonchev–Trinajstić information content (AvgIpc) is 4.18. The van der Waals surface area contributed by atoms with E-state index < -0.39 is 11.8 Å². The summed E-state index contributed by atoms with van der Waals surface area (Å²) in [5.41, 5.74) is 9.76. The molecule has 5 aromatic rings. The fraction of sp³-hybridized carbons (Fsp3) is 0.519. The number of carbonyl (C=O) groups is 4. The number of hydrogen-bond acceptors (Lipinski definition) is 8. The number of likely N-dealkylation sites (tertiary alicyclic amines) is 2. The van der Waals surface area contributed by atoms with Gasteiger partial charge < -0.3 is 29.2 Å². The molecule has 1 saturated carbocycles. The van der Waals surface area contributed by atoms with Gasteiger partial charge in [-0.1, -0.05) is 83.4 Å². The number of esters is 2. The Labute approximate surface area is 388 Å². The summed E-state index contributed by atoms with van der Waals surface area (Å²) in [5, 5.41) is 2.30. The molecule has 0 radical (unpaired) electrons. The molecule has 4 heterocycles. The van der Waals surface area contributed by atoms with Gasteiger partial charge in [0.05, 0.1) is 74.8 Å². The van der Waals surface area contributed by atoms with Crippen LogP contribution in [-0.4, -0.2) is 80.8 Å². The van der Waals surface area contributed by atoms with Gasteiger partial charge in [0.2, 0.25) is 11.8 Å². The number of nitrogens with zero attached hydrogens (tertiary/aromatic N) is 4. The molecule has 2 aliphatic carbocycles. The highest BCUT2D eigenvalue weighted by molar-refractivity contribution is 5.92. The molecule has 4 aliphatic rings. The molecule has 3 aromatic carbocycles. The molecular formula is C54H66N6O6. The second kappa shape index (κ2) is 18.8. The van der Waals surface area contributed by atoms with Crippen molar-refractivity contribution in [2.75, 3.05) is 27.3 Å². The summed E-state index contributed by atoms with van der Waals surface area (Å²) in [6.07, 6.45) is 15.9. The van der Waals surface area contributed by atoms with E-state index in [0.29, 0.717) is 13.1 Å². The molecule has 12 heteroatoms. The Morgan fingerprint density at radius 2 is 1.12 bits per heavy atom. The lowest BCUT2D eigenvalue weighted by Crippen LogP contribution is -2.39. The van der Waals surface area contributed by atoms with Gasteiger partial charge in [-0.2, -0.15) is 0 Å². The smallest absolute Gasteiger partial charge is 0.306 e. The molecule has 2 amide bonds. The Morgan fingerprint density at radius 1 is 0.636 bits per heavy atom. The topological polar surface area (TPSA) is 151 Å². The first-order valence-corrected chi connectivity index (χ1v) is 24.4. The van der Waals surface area contributed by atoms with Crippen molar-refractivity contribution in [3.05, 3.63) is 83.7 Å². The number of ether oxygens (including phenoxy) is 2. The summed E-state index contributed by atoms with van der Waals surface area (Å²) in [5.74, 6) is -0.0177. The third-order valence-electron chi connectivity index (χ3n) is 15.6. The molecular weight excluding hydrogens is 829 g/mol. The number of benzene rings is 3. The van der Waals surface area contributed by atoms with Gasteiger partial charge >= 0.3 is 11.9 Å². The highest BCUT2D eigenvalue weighted by atomic mass is 16.5. The van der Waals surface area contributed by atoms with Crippen LogP contribution in [0.15, 0.2) is 60.9 Å². The predicted octanol–water partition coefficient (Wildman–Crippen LogP) is 10.3. The first kappa shape index (κ1) is 45.4. The fourth-order valence-electron chi connectivity index (χ4n) is 11.8. The standard InChI is InChI=1S/C54H66N6O6/c1-32(2)40(26-48(61)65-5)52(63)59-22-10-12-46(59)50-55-30-44(57-50)37-17-15-34-24-36(16-14-35(34)25-37)38-18-19-39(43-29-54(28-42(38)43)20-8-7-9-21-54)45-31-56-51(58-45)47-13-11-23-60(47)53(64)41(33(3)4)27-49(62)66-6/h14-19,24-25,30-33,40-41,46-47H,7-13,20-23,26-29H2,1-6H3,(H,55,57)(H,56,58)/t40-,41-,46-,47-/m0/s1. The van der Waals surface area contributed by atoms with E-state index in [0.717, 1.165) is 77.9 Å². The predicted molar refractivity (Wildman–Crippen MR) is 255 cm³/mol. The molecule has 66 heavy (non-hydrogen) atoms. The van der Waals surface area contributed by atoms with E-state index in [-0.39, 0.29) is 65.9 Å². The molecule has 2 aromatic heterocycles. The van der Waals surface area contributed by atoms with E-state index >= 15 is 0 Å². The van der Waals surface area contributed by atoms with Gasteiger partial charge in [0.25, 0.3) is 0 Å². The summed E-state index contributed by atoms with van der Waals surface area (Å²) in [7, 11) is 2.74. The monoisotopic (exact) mass is 895 g/mol. The van der Waals surface area contributed by atoms with Crippen molar-refractivity contribution in [3.63, 3.8) is 0 Å². The minimum atomic E-state index is -0.437. The van der Waals surface area contributed by atoms with Crippen LogP contribution in [0.5, 0.6) is 0 Å². The third-order valence-corrected chi connectivity index (χ3v) is 15.6. The summed E-state index contributed by atoms with van der Waals surface area (Å²) >= 11 is 0. The minimum absolute atomic E-state index is 0.00174. The fourth-order valence-corrected chi connectivity index (χ4v) is 11.8. The summed E-state index contributed by atoms with van der Waals surface area (Å²) in [6.45, 7) is 9.24. The lowest BCUT2D eigenvalue weighted by molar-refractivity contribution is -0.148. The van der Waals surface area contributed by atoms with E-state index in [1.807, 2.05) is 49.9 Å². The van der Waals surface area contributed by atoms with E-state index in [1.54, 1.807) is 0 Å². The molecule has 1 spiro atoms. The maximum atomic E-state index is 13.9. The number of carbonyl (C=O) groups excluding carboxylic acids is 4. The Morgan fingerprint density at radius 3 is 1.67 bits per heavy atom. The van der Waals surface area contributed by atoms with Crippen molar-refractivity contribution in [1.29, 1.82) is 0 Å². The van der Waals surface area contributed by atoms with Gasteiger partial charge in [-0.3, -0.25) is 19.2 Å². The molecule has 9 rings (SSSR count). The lowest BCUT2D eigenvalue weighted by atomic mass is 9.72. The van der Waals surface area contributed by atoms with Crippen LogP contribution >= 0.6 is 0 Å². The maximum Gasteiger partial charge on any atom is 0.306 e. The molecule has 0 unspecified atom stereocenters. The zero-order valence-corrected chi connectivity index (χ0v) is 39.6. The number of methoxy groups -OCH3 is 2. The van der Waals surface area contributed by atoms with Crippen LogP contribution < -0.4 is 0 Å². The average molecular weight is 895 g/mol. The summed E-state index contributed by atoms with van der Waals surface area (Å²) in [6, 6.07) is 17.6. The van der Waals surface area contributed by atoms with Crippen LogP contribution in [0, 0.1) is 29.1 Å². The molecule has 4 atom stereocenters. The Kier molecular flexibility index (Phi) is 13.0. The van der Waals surface area contributed by atoms with Crippen molar-refractivity contribution >= 4 is 34.5 Å². The first-order valence-electron chi connectivity index (χ1n) is 24.4. The first-order chi connectivity index (χ1) is 31.9. The van der Waals surface area contributed by atoms with Crippen molar-refractivity contribution < 1.29 is 28.7 Å². The SMILES string of the molecule is COC(=O)C[C@H](C(=O)N1CCC[C@H]1c1ncc(-c2ccc3cc(-c4ccc(-c5cnc([C@@H]6CCCN6C(=O)[C@@H](CC(=O)OC)C(C)C)[nH]5)c5c4CC4(CCCCC4)C5)ccc3c2)[nH]1)C(C)C. The van der Waals surface area contributed by atoms with Crippen molar-refractivity contribution in [1.82, 2.24) is 29.7 Å². The Bertz CT molecular complexity index is 2620. The second-order valence-corrected chi connectivity index (χ2v) is 20.3. The molecule has 348 valence electrons. The zero-order valence-electron chi connectivity index (χ0n) is 39.6. The highest BCUT2D eigenvalue weighted by Gasteiger charge is 2.42. The van der Waals surface area contributed by atoms with Gasteiger partial charge in [-0.15, -0.1) is 0 Å². The number of aromatic nitrogens is 4. The van der Waals surface area contributed by atoms with Crippen LogP contribution in [0.25, 0.3) is 44.4 Å². The molecule has 0 bridgehead atoms. The number of H-pyrrole nitrogens is 2. The number of amides is 2. The number of imidazole rings is 2. The van der Waals surface area contributed by atoms with E-state index in [1.165, 1.54) is 74.1 Å². The lowest BCUT2D eigenvalue weighted by Gasteiger charge is -2.33. The minimum Gasteiger partial charge on any atom is -0.469 e. The van der Waals surface area contributed by atoms with Crippen LogP contribution in [0.2, 0.25) is 0 Å². The summed E-state index contributed by atoms with van der Waals surface area (Å²) in [4.78, 5) is 73.0. The largest absolute Gasteiger partial charge is 0.469 e. The number of hydrogen-bond donors (Lipinski definition) is 2. The Hall–Kier alpha value is -5.78. The second-order valence-electron chi connectivity index (χ2n) is 20.3. The molecule has 3 fully saturated rings. The number of rotatable bonds is 13. The summed E-state index contributed by atoms with van der Waals surface area (Å²) < 4.78 is 9.87. The highest BCUT2D eigenvalue weighted by Crippen LogP contribution is 2.52. The van der Waals surface area contributed by atoms with Crippen LogP contribution in [0.1, 0.15) is 133 Å². The van der Waals surface area contributed by atoms with E-state index in [4.69, 9.17) is 19.4 Å². The normalized spacial score (nSPS) is 20.1. The van der Waals surface area contributed by atoms with Crippen molar-refractivity contribution in [2.24, 2.45) is 29.1 Å². The van der Waals surface area contributed by atoms with Crippen molar-refractivity contribution in [3.8, 4) is 33.6 Å². The van der Waals surface area contributed by atoms with Gasteiger partial charge in [0.1, 0.15) is 11.6 Å². The van der Waals surface area contributed by atoms with Gasteiger partial charge in [0.15, 0.2) is 0 Å². The molecule has 2 N–H and O–H groups in total. The van der Waals surface area contributed by atoms with Gasteiger partial charge in [0, 0.05) is 24.2 Å². The van der Waals surface area contributed by atoms with Crippen molar-refractivity contribution in [2.45, 2.75) is 123 Å². The third kappa shape index (κ3) is 8.79. The molecule has 2 aliphatic heterocycles. The quantitative estimate of drug-likeness (QED) is 0.111. The van der Waals surface area contributed by atoms with Crippen LogP contribution in [0.4, 0.5) is 0 Å². The zero-order chi connectivity index (χ0) is 46.3. The van der Waals surface area contributed by atoms with Gasteiger partial charge in [-0.25, -0.2) is 9.97 Å². The molecule has 2 saturated heterocycles. The number of fused-ring (bicyclic) bond motifs is 2. The molecule has 12 nitrogen and oxygen atoms in total. The van der Waals surface area contributed by atoms with Gasteiger partial charge in [-0.05, 0) is 114 Å². The van der Waals surface area contributed by atoms with Crippen LogP contribution in [0.3, 0.4) is 0 Å². The van der Waals surface area contributed by atoms with Crippen LogP contribution in [-0.2, 0) is 41.5 Å². The maximum absolute atomic E-state index is 13.9. The number of nitrogens with one attached hydrogen (secondary N) is 2. The Balaban J connectivity index is 0.973. The van der Waals surface area contributed by atoms with E-state index in [9.17, 15) is 19.2 Å². The van der Waals surface area contributed by atoms with E-state index in [2.05, 4.69) is 58.5 Å².